The largest absolute Gasteiger partial charge is 2.00 e. The molecule has 0 spiro atoms. The first-order chi connectivity index (χ1) is 2.00. The maximum Gasteiger partial charge on any atom is 2.00 e. The van der Waals surface area contributed by atoms with Gasteiger partial charge in [0.25, 0.3) is 7.82 Å². The zero-order valence-corrected chi connectivity index (χ0v) is 8.50. The van der Waals surface area contributed by atoms with Crippen molar-refractivity contribution in [1.82, 2.24) is 0 Å². The maximum atomic E-state index is 8.77. The maximum absolute atomic E-state index is 8.77. The molecule has 0 aliphatic carbocycles. The van der Waals surface area contributed by atoms with E-state index in [2.05, 4.69) is 0 Å². The molecule has 2 N–H and O–H groups in total. The zero-order valence-electron chi connectivity index (χ0n) is 3.24. The molecule has 0 saturated heterocycles. The first-order valence-electron chi connectivity index (χ1n) is 0.765. The van der Waals surface area contributed by atoms with Gasteiger partial charge in [0.2, 0.25) is 0 Å². The summed E-state index contributed by atoms with van der Waals surface area (Å²) in [5.74, 6) is 0. The van der Waals surface area contributed by atoms with Crippen LogP contribution < -0.4 is 28.9 Å². The van der Waals surface area contributed by atoms with Crippen molar-refractivity contribution >= 4 is 45.6 Å². The minimum atomic E-state index is -4.89. The van der Waals surface area contributed by atoms with E-state index in [1.165, 1.54) is 0 Å². The molecule has 0 unspecified atom stereocenters. The Morgan fingerprint density at radius 2 is 1.43 bits per heavy atom. The molecule has 0 radical (unpaired) electrons. The Labute approximate surface area is 87.6 Å². The van der Waals surface area contributed by atoms with Gasteiger partial charge in [0.15, 0.2) is 0 Å². The Morgan fingerprint density at radius 1 is 1.43 bits per heavy atom. The molecular formula is H2CaIO4P. The van der Waals surface area contributed by atoms with Crippen molar-refractivity contribution in [2.45, 2.75) is 0 Å². The van der Waals surface area contributed by atoms with Gasteiger partial charge in [0, 0.05) is 0 Å². The summed E-state index contributed by atoms with van der Waals surface area (Å²) in [6.45, 7) is 0. The Kier molecular flexibility index (Phi) is 14.3. The molecule has 0 atom stereocenters. The van der Waals surface area contributed by atoms with Gasteiger partial charge in [-0.25, -0.2) is 0 Å². The van der Waals surface area contributed by atoms with Crippen molar-refractivity contribution < 1.29 is 43.2 Å². The van der Waals surface area contributed by atoms with Crippen molar-refractivity contribution in [2.24, 2.45) is 0 Å². The van der Waals surface area contributed by atoms with Crippen molar-refractivity contribution in [2.75, 3.05) is 0 Å². The molecule has 0 aromatic heterocycles. The third kappa shape index (κ3) is 68.4. The van der Waals surface area contributed by atoms with Crippen LogP contribution >= 0.6 is 7.82 Å². The second-order valence-electron chi connectivity index (χ2n) is 0.491. The Morgan fingerprint density at radius 3 is 1.43 bits per heavy atom. The van der Waals surface area contributed by atoms with Gasteiger partial charge in [0.1, 0.15) is 0 Å². The van der Waals surface area contributed by atoms with Crippen LogP contribution in [0, 0.1) is 0 Å². The minimum absolute atomic E-state index is 0. The predicted molar refractivity (Wildman–Crippen MR) is 17.8 cm³/mol. The molecule has 40 valence electrons. The van der Waals surface area contributed by atoms with Gasteiger partial charge in [-0.2, -0.15) is 0 Å². The summed E-state index contributed by atoms with van der Waals surface area (Å²) < 4.78 is 8.77. The summed E-state index contributed by atoms with van der Waals surface area (Å²) in [4.78, 5) is 22.9. The molecular weight excluding hydrogens is 262 g/mol. The molecule has 0 amide bonds. The summed E-state index contributed by atoms with van der Waals surface area (Å²) in [5, 5.41) is 0. The van der Waals surface area contributed by atoms with Crippen LogP contribution in [0.15, 0.2) is 0 Å². The molecule has 7 heteroatoms. The molecule has 0 aliphatic heterocycles. The number of hydrogen-bond acceptors (Lipinski definition) is 2. The third-order valence-electron chi connectivity index (χ3n) is 0. The average Bonchev–Trinajstić information content (AvgIpc) is 0.722. The van der Waals surface area contributed by atoms with E-state index in [4.69, 9.17) is 19.2 Å². The molecule has 4 nitrogen and oxygen atoms in total. The molecule has 0 aliphatic rings. The van der Waals surface area contributed by atoms with E-state index in [1.807, 2.05) is 0 Å². The van der Waals surface area contributed by atoms with Crippen LogP contribution in [0.3, 0.4) is 0 Å². The fourth-order valence-electron chi connectivity index (χ4n) is 0. The van der Waals surface area contributed by atoms with Gasteiger partial charge >= 0.3 is 37.7 Å². The summed E-state index contributed by atoms with van der Waals surface area (Å²) >= 11 is 0. The van der Waals surface area contributed by atoms with Crippen LogP contribution in [-0.2, 0) is 4.57 Å². The van der Waals surface area contributed by atoms with Crippen molar-refractivity contribution in [1.29, 1.82) is 0 Å². The number of hydrogen-bond donors (Lipinski definition) is 2. The van der Waals surface area contributed by atoms with Crippen molar-refractivity contribution in [3.05, 3.63) is 0 Å². The summed E-state index contributed by atoms with van der Waals surface area (Å²) in [5.41, 5.74) is 0. The molecule has 0 heterocycles. The Bertz CT molecular complexity index is 57.8. The smallest absolute Gasteiger partial charge is 1.00 e. The van der Waals surface area contributed by atoms with Crippen LogP contribution in [0.25, 0.3) is 0 Å². The van der Waals surface area contributed by atoms with Gasteiger partial charge in [-0.3, -0.25) is 4.57 Å². The van der Waals surface area contributed by atoms with E-state index in [1.54, 1.807) is 0 Å². The topological polar surface area (TPSA) is 80.6 Å². The van der Waals surface area contributed by atoms with Crippen LogP contribution in [0.4, 0.5) is 0 Å². The molecule has 0 bridgehead atoms. The van der Waals surface area contributed by atoms with Crippen LogP contribution in [0.5, 0.6) is 0 Å². The minimum Gasteiger partial charge on any atom is -1.00 e. The van der Waals surface area contributed by atoms with E-state index >= 15 is 0 Å². The van der Waals surface area contributed by atoms with E-state index in [9.17, 15) is 0 Å². The second kappa shape index (κ2) is 6.22. The average molecular weight is 264 g/mol. The van der Waals surface area contributed by atoms with Gasteiger partial charge < -0.3 is 38.7 Å². The Hall–Kier alpha value is 2.10. The number of phosphoric acid groups is 1. The van der Waals surface area contributed by atoms with Gasteiger partial charge in [-0.05, 0) is 0 Å². The van der Waals surface area contributed by atoms with Crippen LogP contribution in [-0.4, -0.2) is 47.5 Å². The normalized spacial score (nSPS) is 8.43. The summed E-state index contributed by atoms with van der Waals surface area (Å²) in [6, 6.07) is 0. The number of halogens is 1. The summed E-state index contributed by atoms with van der Waals surface area (Å²) in [7, 11) is -4.89. The first-order valence-corrected chi connectivity index (χ1v) is 2.30. The van der Waals surface area contributed by atoms with Crippen molar-refractivity contribution in [3.8, 4) is 0 Å². The zero-order chi connectivity index (χ0) is 4.50. The molecule has 0 aromatic carbocycles. The first kappa shape index (κ1) is 16.0. The van der Waals surface area contributed by atoms with E-state index < -0.39 is 7.82 Å². The van der Waals surface area contributed by atoms with E-state index in [0.717, 1.165) is 0 Å². The third-order valence-corrected chi connectivity index (χ3v) is 0. The fourth-order valence-corrected chi connectivity index (χ4v) is 0. The van der Waals surface area contributed by atoms with Crippen LogP contribution in [0.2, 0.25) is 0 Å². The summed E-state index contributed by atoms with van der Waals surface area (Å²) in [6.07, 6.45) is 0. The van der Waals surface area contributed by atoms with Gasteiger partial charge in [-0.15, -0.1) is 0 Å². The van der Waals surface area contributed by atoms with Crippen LogP contribution in [0.1, 0.15) is 0 Å². The van der Waals surface area contributed by atoms with E-state index in [0.29, 0.717) is 0 Å². The molecule has 0 saturated carbocycles. The Balaban J connectivity index is -0.0000000800. The monoisotopic (exact) mass is 264 g/mol. The van der Waals surface area contributed by atoms with Gasteiger partial charge in [0.05, 0.1) is 0 Å². The predicted octanol–water partition coefficient (Wildman–Crippen LogP) is -4.94. The molecule has 0 aromatic rings. The SMILES string of the molecule is O=P([O-])(O)O.[Ca+2].[I-]. The molecule has 0 rings (SSSR count). The van der Waals surface area contributed by atoms with Crippen molar-refractivity contribution in [3.63, 3.8) is 0 Å². The number of rotatable bonds is 0. The second-order valence-corrected chi connectivity index (χ2v) is 1.47. The molecule has 7 heavy (non-hydrogen) atoms. The quantitative estimate of drug-likeness (QED) is 0.261. The van der Waals surface area contributed by atoms with E-state index in [-0.39, 0.29) is 61.7 Å². The standard InChI is InChI=1S/Ca.HI.H3O4P/c;;1-5(2,3)4/h;1H;(H3,1,2,3,4)/q+2;;/p-2. The fraction of sp³-hybridized carbons (Fsp3) is 0. The molecule has 0 fully saturated rings. The van der Waals surface area contributed by atoms with Gasteiger partial charge in [-0.1, -0.05) is 0 Å².